The zero-order valence-corrected chi connectivity index (χ0v) is 16.6. The van der Waals surface area contributed by atoms with E-state index in [0.717, 1.165) is 0 Å². The van der Waals surface area contributed by atoms with Crippen LogP contribution in [0.15, 0.2) is 0 Å². The molecule has 1 N–H and O–H groups in total. The van der Waals surface area contributed by atoms with E-state index in [1.54, 1.807) is 20.8 Å². The highest BCUT2D eigenvalue weighted by molar-refractivity contribution is 6.74. The molecule has 1 amide bonds. The van der Waals surface area contributed by atoms with E-state index in [4.69, 9.17) is 9.16 Å². The molecule has 1 aliphatic heterocycles. The lowest BCUT2D eigenvalue weighted by Crippen LogP contribution is -2.45. The zero-order valence-electron chi connectivity index (χ0n) is 15.6. The molecule has 1 unspecified atom stereocenters. The van der Waals surface area contributed by atoms with Gasteiger partial charge in [0.05, 0.1) is 6.10 Å². The molecule has 0 radical (unpaired) electrons. The van der Waals surface area contributed by atoms with Gasteiger partial charge in [-0.05, 0) is 38.9 Å². The largest absolute Gasteiger partial charge is 0.480 e. The summed E-state index contributed by atoms with van der Waals surface area (Å²) >= 11 is 0. The number of carboxylic acids is 1. The molecule has 6 nitrogen and oxygen atoms in total. The van der Waals surface area contributed by atoms with E-state index < -0.39 is 32.0 Å². The van der Waals surface area contributed by atoms with Gasteiger partial charge in [0.25, 0.3) is 0 Å². The Morgan fingerprint density at radius 3 is 2.04 bits per heavy atom. The number of amides is 1. The number of ether oxygens (including phenoxy) is 1. The van der Waals surface area contributed by atoms with Crippen LogP contribution in [0.1, 0.15) is 48.0 Å². The molecule has 1 aliphatic rings. The number of nitrogens with zero attached hydrogens (tertiary/aromatic N) is 1. The van der Waals surface area contributed by atoms with Crippen molar-refractivity contribution in [2.45, 2.75) is 83.8 Å². The van der Waals surface area contributed by atoms with Crippen molar-refractivity contribution in [2.75, 3.05) is 6.54 Å². The van der Waals surface area contributed by atoms with Crippen LogP contribution >= 0.6 is 0 Å². The first kappa shape index (κ1) is 20.0. The van der Waals surface area contributed by atoms with Crippen molar-refractivity contribution in [3.63, 3.8) is 0 Å². The third-order valence-electron chi connectivity index (χ3n) is 4.44. The van der Waals surface area contributed by atoms with Crippen LogP contribution in [0.25, 0.3) is 0 Å². The minimum Gasteiger partial charge on any atom is -0.480 e. The molecule has 23 heavy (non-hydrogen) atoms. The Morgan fingerprint density at radius 1 is 1.13 bits per heavy atom. The number of aliphatic carboxylic acids is 1. The Labute approximate surface area is 140 Å². The molecule has 0 bridgehead atoms. The third-order valence-corrected chi connectivity index (χ3v) is 8.98. The van der Waals surface area contributed by atoms with Crippen LogP contribution in [0.4, 0.5) is 4.79 Å². The highest BCUT2D eigenvalue weighted by Gasteiger charge is 2.46. The first-order chi connectivity index (χ1) is 10.1. The predicted molar refractivity (Wildman–Crippen MR) is 91.1 cm³/mol. The Hall–Kier alpha value is -1.08. The molecule has 0 aromatic heterocycles. The quantitative estimate of drug-likeness (QED) is 0.793. The van der Waals surface area contributed by atoms with Crippen LogP contribution < -0.4 is 0 Å². The number of hydrogen-bond donors (Lipinski definition) is 1. The van der Waals surface area contributed by atoms with Crippen LogP contribution in [0.2, 0.25) is 18.1 Å². The summed E-state index contributed by atoms with van der Waals surface area (Å²) in [7, 11) is -2.02. The van der Waals surface area contributed by atoms with Gasteiger partial charge in [-0.3, -0.25) is 4.90 Å². The third kappa shape index (κ3) is 5.21. The second kappa shape index (κ2) is 6.43. The normalized spacial score (nSPS) is 23.0. The molecule has 2 atom stereocenters. The number of carbonyl (C=O) groups is 2. The molecule has 0 spiro atoms. The lowest BCUT2D eigenvalue weighted by atomic mass is 10.2. The molecule has 0 aromatic rings. The Bertz CT molecular complexity index is 464. The van der Waals surface area contributed by atoms with E-state index in [9.17, 15) is 14.7 Å². The molecule has 0 aromatic carbocycles. The van der Waals surface area contributed by atoms with Crippen LogP contribution in [0.5, 0.6) is 0 Å². The van der Waals surface area contributed by atoms with Gasteiger partial charge < -0.3 is 14.3 Å². The van der Waals surface area contributed by atoms with Gasteiger partial charge in [-0.1, -0.05) is 20.8 Å². The monoisotopic (exact) mass is 345 g/mol. The summed E-state index contributed by atoms with van der Waals surface area (Å²) in [6, 6.07) is -0.889. The standard InChI is InChI=1S/C16H31NO5Si/c1-15(2,3)21-14(20)17-10-11(9-12(17)13(18)19)22-23(7,8)16(4,5)6/h11-12H,9-10H2,1-8H3,(H,18,19)/t11?,12-/m1/s1. The number of rotatable bonds is 3. The van der Waals surface area contributed by atoms with Crippen molar-refractivity contribution >= 4 is 20.4 Å². The van der Waals surface area contributed by atoms with Crippen molar-refractivity contribution < 1.29 is 23.9 Å². The Morgan fingerprint density at radius 2 is 1.65 bits per heavy atom. The van der Waals surface area contributed by atoms with Crippen molar-refractivity contribution in [1.29, 1.82) is 0 Å². The molecule has 1 fully saturated rings. The summed E-state index contributed by atoms with van der Waals surface area (Å²) in [5.74, 6) is -1.02. The second-order valence-corrected chi connectivity index (χ2v) is 13.5. The minimum absolute atomic E-state index is 0.0328. The Balaban J connectivity index is 2.87. The van der Waals surface area contributed by atoms with Gasteiger partial charge >= 0.3 is 12.1 Å². The fourth-order valence-electron chi connectivity index (χ4n) is 2.23. The van der Waals surface area contributed by atoms with E-state index in [1.165, 1.54) is 4.90 Å². The molecule has 0 aliphatic carbocycles. The molecular formula is C16H31NO5Si. The average molecular weight is 346 g/mol. The van der Waals surface area contributed by atoms with Gasteiger partial charge in [0.1, 0.15) is 11.6 Å². The van der Waals surface area contributed by atoms with E-state index >= 15 is 0 Å². The van der Waals surface area contributed by atoms with Crippen molar-refractivity contribution in [2.24, 2.45) is 0 Å². The van der Waals surface area contributed by atoms with Gasteiger partial charge in [-0.15, -0.1) is 0 Å². The fourth-order valence-corrected chi connectivity index (χ4v) is 3.59. The SMILES string of the molecule is CC(C)(C)OC(=O)N1CC(O[Si](C)(C)C(C)(C)C)C[C@@H]1C(=O)O. The number of likely N-dealkylation sites (tertiary alicyclic amines) is 1. The van der Waals surface area contributed by atoms with Gasteiger partial charge in [-0.2, -0.15) is 0 Å². The molecule has 7 heteroatoms. The van der Waals surface area contributed by atoms with Crippen LogP contribution in [-0.2, 0) is 14.0 Å². The Kier molecular flexibility index (Phi) is 5.58. The van der Waals surface area contributed by atoms with Gasteiger partial charge in [0.15, 0.2) is 8.32 Å². The van der Waals surface area contributed by atoms with Crippen LogP contribution in [0, 0.1) is 0 Å². The summed E-state index contributed by atoms with van der Waals surface area (Å²) in [6.45, 7) is 16.2. The zero-order chi connectivity index (χ0) is 18.2. The van der Waals surface area contributed by atoms with Crippen LogP contribution in [-0.4, -0.2) is 54.7 Å². The number of carbonyl (C=O) groups excluding carboxylic acids is 1. The lowest BCUT2D eigenvalue weighted by molar-refractivity contribution is -0.142. The minimum atomic E-state index is -2.02. The lowest BCUT2D eigenvalue weighted by Gasteiger charge is -2.38. The molecule has 1 rings (SSSR count). The maximum atomic E-state index is 12.3. The first-order valence-electron chi connectivity index (χ1n) is 8.04. The maximum absolute atomic E-state index is 12.3. The van der Waals surface area contributed by atoms with Gasteiger partial charge in [-0.25, -0.2) is 9.59 Å². The van der Waals surface area contributed by atoms with E-state index in [2.05, 4.69) is 33.9 Å². The van der Waals surface area contributed by atoms with E-state index in [1.807, 2.05) is 0 Å². The second-order valence-electron chi connectivity index (χ2n) is 8.72. The van der Waals surface area contributed by atoms with Crippen molar-refractivity contribution in [3.05, 3.63) is 0 Å². The maximum Gasteiger partial charge on any atom is 0.411 e. The van der Waals surface area contributed by atoms with E-state index in [0.29, 0.717) is 6.42 Å². The van der Waals surface area contributed by atoms with E-state index in [-0.39, 0.29) is 17.7 Å². The number of carboxylic acid groups (broad SMARTS) is 1. The fraction of sp³-hybridized carbons (Fsp3) is 0.875. The molecule has 134 valence electrons. The van der Waals surface area contributed by atoms with Crippen molar-refractivity contribution in [3.8, 4) is 0 Å². The highest BCUT2D eigenvalue weighted by atomic mass is 28.4. The summed E-state index contributed by atoms with van der Waals surface area (Å²) in [6.07, 6.45) is -0.545. The average Bonchev–Trinajstić information content (AvgIpc) is 2.68. The molecule has 1 saturated heterocycles. The highest BCUT2D eigenvalue weighted by Crippen LogP contribution is 2.39. The molecule has 1 heterocycles. The van der Waals surface area contributed by atoms with Gasteiger partial charge in [0.2, 0.25) is 0 Å². The first-order valence-corrected chi connectivity index (χ1v) is 10.9. The predicted octanol–water partition coefficient (Wildman–Crippen LogP) is 3.47. The topological polar surface area (TPSA) is 76.1 Å². The van der Waals surface area contributed by atoms with Gasteiger partial charge in [0, 0.05) is 13.0 Å². The van der Waals surface area contributed by atoms with Crippen molar-refractivity contribution in [1.82, 2.24) is 4.90 Å². The number of hydrogen-bond acceptors (Lipinski definition) is 4. The molecular weight excluding hydrogens is 314 g/mol. The summed E-state index contributed by atoms with van der Waals surface area (Å²) in [5, 5.41) is 9.45. The summed E-state index contributed by atoms with van der Waals surface area (Å²) in [4.78, 5) is 25.1. The van der Waals surface area contributed by atoms with Crippen LogP contribution in [0.3, 0.4) is 0 Å². The summed E-state index contributed by atoms with van der Waals surface area (Å²) < 4.78 is 11.6. The smallest absolute Gasteiger partial charge is 0.411 e. The molecule has 0 saturated carbocycles. The summed E-state index contributed by atoms with van der Waals surface area (Å²) in [5.41, 5.74) is -0.654.